The predicted octanol–water partition coefficient (Wildman–Crippen LogP) is 4.20. The molecule has 3 heterocycles. The summed E-state index contributed by atoms with van der Waals surface area (Å²) in [7, 11) is 0. The maximum Gasteiger partial charge on any atom is 0.247 e. The Bertz CT molecular complexity index is 1180. The number of hydrogen-bond acceptors (Lipinski definition) is 8. The SMILES string of the molecule is CSc1nnc2c(n1)O[C@@H](c1cc3c(cc1Br)OCO3)N(C(C)=O)c1ccccc1-2. The van der Waals surface area contributed by atoms with Crippen molar-refractivity contribution in [1.29, 1.82) is 0 Å². The van der Waals surface area contributed by atoms with Crippen molar-refractivity contribution in [3.8, 4) is 28.6 Å². The number of halogens is 1. The second-order valence-corrected chi connectivity index (χ2v) is 8.18. The summed E-state index contributed by atoms with van der Waals surface area (Å²) in [5.41, 5.74) is 2.55. The Hall–Kier alpha value is -2.85. The van der Waals surface area contributed by atoms with Crippen LogP contribution in [0.25, 0.3) is 11.3 Å². The molecule has 0 N–H and O–H groups in total. The second-order valence-electron chi connectivity index (χ2n) is 6.56. The van der Waals surface area contributed by atoms with Gasteiger partial charge in [-0.05, 0) is 24.5 Å². The fraction of sp³-hybridized carbons (Fsp3) is 0.200. The van der Waals surface area contributed by atoms with Gasteiger partial charge in [-0.3, -0.25) is 9.69 Å². The van der Waals surface area contributed by atoms with E-state index in [-0.39, 0.29) is 12.7 Å². The Morgan fingerprint density at radius 3 is 2.73 bits per heavy atom. The summed E-state index contributed by atoms with van der Waals surface area (Å²) in [5, 5.41) is 8.97. The van der Waals surface area contributed by atoms with E-state index in [1.807, 2.05) is 42.7 Å². The standard InChI is InChI=1S/C20H15BrN4O4S/c1-10(26)25-14-6-4-3-5-11(14)17-18(22-20(30-2)24-23-17)29-19(25)12-7-15-16(8-13(12)21)28-9-27-15/h3-8,19H,9H2,1-2H3/t19-/m0/s1. The van der Waals surface area contributed by atoms with Gasteiger partial charge in [-0.1, -0.05) is 45.9 Å². The highest BCUT2D eigenvalue weighted by Crippen LogP contribution is 2.46. The fourth-order valence-electron chi connectivity index (χ4n) is 3.46. The molecule has 8 nitrogen and oxygen atoms in total. The van der Waals surface area contributed by atoms with E-state index in [0.717, 1.165) is 10.0 Å². The Morgan fingerprint density at radius 1 is 1.20 bits per heavy atom. The molecule has 0 bridgehead atoms. The van der Waals surface area contributed by atoms with E-state index in [2.05, 4.69) is 31.1 Å². The molecule has 0 spiro atoms. The first kappa shape index (κ1) is 19.1. The number of carbonyl (C=O) groups excluding carboxylic acids is 1. The third kappa shape index (κ3) is 3.07. The minimum atomic E-state index is -0.805. The monoisotopic (exact) mass is 486 g/mol. The van der Waals surface area contributed by atoms with Crippen molar-refractivity contribution in [3.63, 3.8) is 0 Å². The fourth-order valence-corrected chi connectivity index (χ4v) is 4.28. The van der Waals surface area contributed by atoms with Crippen LogP contribution in [-0.2, 0) is 4.79 Å². The molecule has 0 aliphatic carbocycles. The average Bonchev–Trinajstić information content (AvgIpc) is 3.14. The molecule has 10 heteroatoms. The maximum absolute atomic E-state index is 12.8. The number of rotatable bonds is 2. The van der Waals surface area contributed by atoms with Crippen LogP contribution >= 0.6 is 27.7 Å². The van der Waals surface area contributed by atoms with Gasteiger partial charge in [-0.15, -0.1) is 10.2 Å². The number of amides is 1. The highest BCUT2D eigenvalue weighted by atomic mass is 79.9. The van der Waals surface area contributed by atoms with E-state index in [1.165, 1.54) is 18.7 Å². The van der Waals surface area contributed by atoms with Crippen LogP contribution in [-0.4, -0.2) is 34.1 Å². The Morgan fingerprint density at radius 2 is 1.97 bits per heavy atom. The maximum atomic E-state index is 12.8. The van der Waals surface area contributed by atoms with Gasteiger partial charge in [0, 0.05) is 22.5 Å². The molecule has 0 radical (unpaired) electrons. The van der Waals surface area contributed by atoms with Gasteiger partial charge in [0.25, 0.3) is 0 Å². The number of nitrogens with zero attached hydrogens (tertiary/aromatic N) is 4. The van der Waals surface area contributed by atoms with Crippen LogP contribution in [0.1, 0.15) is 18.7 Å². The normalized spacial score (nSPS) is 16.4. The number of hydrogen-bond donors (Lipinski definition) is 0. The van der Waals surface area contributed by atoms with Crippen LogP contribution in [0, 0.1) is 0 Å². The number of aromatic nitrogens is 3. The lowest BCUT2D eigenvalue weighted by atomic mass is 10.1. The first-order valence-corrected chi connectivity index (χ1v) is 11.0. The molecule has 0 saturated heterocycles. The van der Waals surface area contributed by atoms with Gasteiger partial charge in [0.1, 0.15) is 0 Å². The number of thioether (sulfide) groups is 1. The van der Waals surface area contributed by atoms with Gasteiger partial charge in [0.2, 0.25) is 30.0 Å². The largest absolute Gasteiger partial charge is 0.454 e. The summed E-state index contributed by atoms with van der Waals surface area (Å²) in [6.07, 6.45) is 1.06. The lowest BCUT2D eigenvalue weighted by molar-refractivity contribution is -0.118. The highest BCUT2D eigenvalue weighted by molar-refractivity contribution is 9.10. The second kappa shape index (κ2) is 7.44. The summed E-state index contributed by atoms with van der Waals surface area (Å²) >= 11 is 4.95. The zero-order valence-electron chi connectivity index (χ0n) is 16.0. The molecule has 1 amide bonds. The lowest BCUT2D eigenvalue weighted by Gasteiger charge is -2.30. The Labute approximate surface area is 184 Å². The van der Waals surface area contributed by atoms with E-state index in [4.69, 9.17) is 14.2 Å². The van der Waals surface area contributed by atoms with Gasteiger partial charge in [0.15, 0.2) is 17.2 Å². The van der Waals surface area contributed by atoms with Crippen molar-refractivity contribution in [2.75, 3.05) is 17.9 Å². The smallest absolute Gasteiger partial charge is 0.247 e. The van der Waals surface area contributed by atoms with Crippen molar-refractivity contribution >= 4 is 39.3 Å². The Balaban J connectivity index is 1.75. The third-order valence-electron chi connectivity index (χ3n) is 4.79. The van der Waals surface area contributed by atoms with E-state index in [9.17, 15) is 4.79 Å². The molecule has 152 valence electrons. The van der Waals surface area contributed by atoms with Crippen LogP contribution < -0.4 is 19.1 Å². The summed E-state index contributed by atoms with van der Waals surface area (Å²) in [6.45, 7) is 1.64. The van der Waals surface area contributed by atoms with Crippen LogP contribution in [0.15, 0.2) is 46.0 Å². The lowest BCUT2D eigenvalue weighted by Crippen LogP contribution is -2.36. The van der Waals surface area contributed by atoms with Crippen molar-refractivity contribution in [3.05, 3.63) is 46.4 Å². The quantitative estimate of drug-likeness (QED) is 0.498. The molecular formula is C20H15BrN4O4S. The number of benzene rings is 2. The number of ether oxygens (including phenoxy) is 3. The summed E-state index contributed by atoms with van der Waals surface area (Å²) < 4.78 is 18.1. The van der Waals surface area contributed by atoms with Crippen molar-refractivity contribution < 1.29 is 19.0 Å². The van der Waals surface area contributed by atoms with Crippen molar-refractivity contribution in [1.82, 2.24) is 15.2 Å². The Kier molecular flexibility index (Phi) is 4.75. The van der Waals surface area contributed by atoms with E-state index >= 15 is 0 Å². The van der Waals surface area contributed by atoms with Crippen LogP contribution in [0.5, 0.6) is 17.4 Å². The number of anilines is 1. The van der Waals surface area contributed by atoms with Crippen LogP contribution in [0.4, 0.5) is 5.69 Å². The minimum absolute atomic E-state index is 0.146. The number of fused-ring (bicyclic) bond motifs is 4. The summed E-state index contributed by atoms with van der Waals surface area (Å²) in [4.78, 5) is 18.9. The van der Waals surface area contributed by atoms with Crippen molar-refractivity contribution in [2.24, 2.45) is 0 Å². The summed E-state index contributed by atoms with van der Waals surface area (Å²) in [6, 6.07) is 11.1. The molecule has 0 saturated carbocycles. The van der Waals surface area contributed by atoms with E-state index < -0.39 is 6.23 Å². The molecule has 1 atom stereocenters. The van der Waals surface area contributed by atoms with Crippen molar-refractivity contribution in [2.45, 2.75) is 18.3 Å². The van der Waals surface area contributed by atoms with E-state index in [1.54, 1.807) is 4.90 Å². The average molecular weight is 487 g/mol. The molecule has 2 aliphatic rings. The van der Waals surface area contributed by atoms with E-state index in [0.29, 0.717) is 39.5 Å². The molecule has 2 aliphatic heterocycles. The molecule has 3 aromatic rings. The molecule has 30 heavy (non-hydrogen) atoms. The van der Waals surface area contributed by atoms with Crippen LogP contribution in [0.3, 0.4) is 0 Å². The van der Waals surface area contributed by atoms with Crippen LogP contribution in [0.2, 0.25) is 0 Å². The zero-order chi connectivity index (χ0) is 20.8. The third-order valence-corrected chi connectivity index (χ3v) is 6.02. The van der Waals surface area contributed by atoms with Gasteiger partial charge in [-0.25, -0.2) is 0 Å². The summed E-state index contributed by atoms with van der Waals surface area (Å²) in [5.74, 6) is 1.33. The molecular weight excluding hydrogens is 472 g/mol. The first-order chi connectivity index (χ1) is 14.6. The minimum Gasteiger partial charge on any atom is -0.454 e. The predicted molar refractivity (Wildman–Crippen MR) is 114 cm³/mol. The highest BCUT2D eigenvalue weighted by Gasteiger charge is 2.36. The topological polar surface area (TPSA) is 86.7 Å². The zero-order valence-corrected chi connectivity index (χ0v) is 18.4. The van der Waals surface area contributed by atoms with Gasteiger partial charge in [0.05, 0.1) is 5.69 Å². The molecule has 5 rings (SSSR count). The molecule has 2 aromatic carbocycles. The van der Waals surface area contributed by atoms with Gasteiger partial charge < -0.3 is 14.2 Å². The molecule has 0 unspecified atom stereocenters. The number of carbonyl (C=O) groups is 1. The van der Waals surface area contributed by atoms with Gasteiger partial charge in [-0.2, -0.15) is 4.98 Å². The van der Waals surface area contributed by atoms with Gasteiger partial charge >= 0.3 is 0 Å². The first-order valence-electron chi connectivity index (χ1n) is 9.00. The number of para-hydroxylation sites is 1. The molecule has 0 fully saturated rings. The molecule has 1 aromatic heterocycles.